The van der Waals surface area contributed by atoms with Gasteiger partial charge in [0.05, 0.1) is 17.1 Å². The van der Waals surface area contributed by atoms with Crippen LogP contribution in [0.15, 0.2) is 66.7 Å². The molecular formula is C32H27N3O5. The molecule has 0 aliphatic carbocycles. The van der Waals surface area contributed by atoms with Crippen molar-refractivity contribution in [1.29, 1.82) is 0 Å². The molecule has 1 fully saturated rings. The largest absolute Gasteiger partial charge is 0.454 e. The molecule has 0 radical (unpaired) electrons. The van der Waals surface area contributed by atoms with Crippen LogP contribution in [0, 0.1) is 0 Å². The summed E-state index contributed by atoms with van der Waals surface area (Å²) in [5.41, 5.74) is 5.22. The molecule has 4 heterocycles. The smallest absolute Gasteiger partial charge is 0.253 e. The van der Waals surface area contributed by atoms with Gasteiger partial charge in [-0.05, 0) is 90.7 Å². The number of likely N-dealkylation sites (tertiary alicyclic amines) is 1. The standard InChI is InChI=1S/C32H27N3O5/c36-32(34-15-1-2-16-34)24-7-11-26(12-8-24)35-27(10-4-23-6-14-29-31(18-23)40-21-38-29)19-25(33-35)9-3-22-5-13-28-30(17-22)39-20-37-28/h3-14,17-19H,1-2,15-16,20-21H2/b9-3+,10-4+. The predicted molar refractivity (Wildman–Crippen MR) is 152 cm³/mol. The summed E-state index contributed by atoms with van der Waals surface area (Å²) in [5, 5.41) is 4.87. The van der Waals surface area contributed by atoms with Crippen LogP contribution in [0.4, 0.5) is 0 Å². The van der Waals surface area contributed by atoms with E-state index >= 15 is 0 Å². The fourth-order valence-corrected chi connectivity index (χ4v) is 5.07. The molecular weight excluding hydrogens is 506 g/mol. The molecule has 8 heteroatoms. The molecule has 3 aliphatic rings. The Bertz CT molecular complexity index is 1630. The summed E-state index contributed by atoms with van der Waals surface area (Å²) in [6, 6.07) is 21.4. The molecule has 7 rings (SSSR count). The first kappa shape index (κ1) is 24.1. The third kappa shape index (κ3) is 4.80. The fraction of sp³-hybridized carbons (Fsp3) is 0.188. The van der Waals surface area contributed by atoms with Crippen LogP contribution < -0.4 is 18.9 Å². The van der Waals surface area contributed by atoms with Crippen molar-refractivity contribution in [3.63, 3.8) is 0 Å². The average molecular weight is 534 g/mol. The molecule has 1 amide bonds. The highest BCUT2D eigenvalue weighted by molar-refractivity contribution is 5.94. The summed E-state index contributed by atoms with van der Waals surface area (Å²) < 4.78 is 23.8. The van der Waals surface area contributed by atoms with Crippen molar-refractivity contribution >= 4 is 30.2 Å². The third-order valence-corrected chi connectivity index (χ3v) is 7.19. The Balaban J connectivity index is 1.19. The van der Waals surface area contributed by atoms with Gasteiger partial charge in [0.1, 0.15) is 0 Å². The molecule has 3 aliphatic heterocycles. The second-order valence-corrected chi connectivity index (χ2v) is 9.84. The van der Waals surface area contributed by atoms with Crippen molar-refractivity contribution in [3.8, 4) is 28.7 Å². The van der Waals surface area contributed by atoms with E-state index in [4.69, 9.17) is 24.0 Å². The maximum atomic E-state index is 12.8. The lowest BCUT2D eigenvalue weighted by Gasteiger charge is -2.15. The number of fused-ring (bicyclic) bond motifs is 2. The van der Waals surface area contributed by atoms with Gasteiger partial charge in [0, 0.05) is 18.7 Å². The maximum absolute atomic E-state index is 12.8. The Morgan fingerprint density at radius 3 is 1.93 bits per heavy atom. The van der Waals surface area contributed by atoms with E-state index in [9.17, 15) is 4.79 Å². The summed E-state index contributed by atoms with van der Waals surface area (Å²) in [6.45, 7) is 2.14. The van der Waals surface area contributed by atoms with Gasteiger partial charge in [-0.3, -0.25) is 4.79 Å². The van der Waals surface area contributed by atoms with Crippen molar-refractivity contribution in [2.75, 3.05) is 26.7 Å². The summed E-state index contributed by atoms with van der Waals surface area (Å²) >= 11 is 0. The van der Waals surface area contributed by atoms with Crippen molar-refractivity contribution in [3.05, 3.63) is 94.8 Å². The number of carbonyl (C=O) groups is 1. The predicted octanol–water partition coefficient (Wildman–Crippen LogP) is 5.91. The van der Waals surface area contributed by atoms with Gasteiger partial charge in [0.2, 0.25) is 13.6 Å². The van der Waals surface area contributed by atoms with Crippen LogP contribution >= 0.6 is 0 Å². The molecule has 0 spiro atoms. The van der Waals surface area contributed by atoms with Crippen LogP contribution in [-0.2, 0) is 0 Å². The monoisotopic (exact) mass is 533 g/mol. The van der Waals surface area contributed by atoms with E-state index in [2.05, 4.69) is 0 Å². The topological polar surface area (TPSA) is 75.1 Å². The number of hydrogen-bond donors (Lipinski definition) is 0. The molecule has 40 heavy (non-hydrogen) atoms. The number of carbonyl (C=O) groups excluding carboxylic acids is 1. The van der Waals surface area contributed by atoms with Crippen LogP contribution in [0.3, 0.4) is 0 Å². The first-order valence-corrected chi connectivity index (χ1v) is 13.3. The number of nitrogens with zero attached hydrogens (tertiary/aromatic N) is 3. The Labute approximate surface area is 231 Å². The second kappa shape index (κ2) is 10.3. The first-order chi connectivity index (χ1) is 19.7. The van der Waals surface area contributed by atoms with E-state index in [0.717, 1.165) is 77.1 Å². The number of ether oxygens (including phenoxy) is 4. The Morgan fingerprint density at radius 1 is 0.675 bits per heavy atom. The number of aromatic nitrogens is 2. The van der Waals surface area contributed by atoms with Gasteiger partial charge in [0.25, 0.3) is 5.91 Å². The summed E-state index contributed by atoms with van der Waals surface area (Å²) in [6.07, 6.45) is 10.1. The minimum atomic E-state index is 0.0831. The Hall–Kier alpha value is -4.98. The van der Waals surface area contributed by atoms with Gasteiger partial charge < -0.3 is 23.8 Å². The van der Waals surface area contributed by atoms with Crippen molar-refractivity contribution in [1.82, 2.24) is 14.7 Å². The average Bonchev–Trinajstić information content (AvgIpc) is 3.81. The van der Waals surface area contributed by atoms with E-state index in [1.807, 2.05) is 101 Å². The Kier molecular flexibility index (Phi) is 6.20. The number of benzene rings is 3. The summed E-state index contributed by atoms with van der Waals surface area (Å²) in [7, 11) is 0. The van der Waals surface area contributed by atoms with Crippen LogP contribution in [0.2, 0.25) is 0 Å². The number of amides is 1. The molecule has 8 nitrogen and oxygen atoms in total. The van der Waals surface area contributed by atoms with Gasteiger partial charge >= 0.3 is 0 Å². The SMILES string of the molecule is O=C(c1ccc(-n2nc(/C=C/c3ccc4c(c3)OCO4)cc2/C=C/c2ccc3c(c2)OCO3)cc1)N1CCCC1. The first-order valence-electron chi connectivity index (χ1n) is 13.3. The molecule has 0 unspecified atom stereocenters. The lowest BCUT2D eigenvalue weighted by atomic mass is 10.1. The van der Waals surface area contributed by atoms with E-state index in [1.165, 1.54) is 0 Å². The molecule has 0 N–H and O–H groups in total. The van der Waals surface area contributed by atoms with Crippen molar-refractivity contribution < 1.29 is 23.7 Å². The molecule has 0 bridgehead atoms. The number of hydrogen-bond acceptors (Lipinski definition) is 6. The van der Waals surface area contributed by atoms with E-state index in [0.29, 0.717) is 5.56 Å². The Morgan fingerprint density at radius 2 is 1.27 bits per heavy atom. The zero-order valence-electron chi connectivity index (χ0n) is 21.8. The third-order valence-electron chi connectivity index (χ3n) is 7.19. The van der Waals surface area contributed by atoms with E-state index < -0.39 is 0 Å². The van der Waals surface area contributed by atoms with Crippen LogP contribution in [0.5, 0.6) is 23.0 Å². The minimum absolute atomic E-state index is 0.0831. The molecule has 1 saturated heterocycles. The minimum Gasteiger partial charge on any atom is -0.454 e. The fourth-order valence-electron chi connectivity index (χ4n) is 5.07. The van der Waals surface area contributed by atoms with Crippen LogP contribution in [0.1, 0.15) is 45.7 Å². The summed E-state index contributed by atoms with van der Waals surface area (Å²) in [5.74, 6) is 3.07. The molecule has 1 aromatic heterocycles. The zero-order chi connectivity index (χ0) is 26.9. The highest BCUT2D eigenvalue weighted by Gasteiger charge is 2.20. The quantitative estimate of drug-likeness (QED) is 0.307. The van der Waals surface area contributed by atoms with E-state index in [1.54, 1.807) is 0 Å². The normalized spacial score (nSPS) is 15.6. The molecule has 0 saturated carbocycles. The number of rotatable bonds is 6. The van der Waals surface area contributed by atoms with Gasteiger partial charge in [-0.15, -0.1) is 0 Å². The lowest BCUT2D eigenvalue weighted by molar-refractivity contribution is 0.0793. The highest BCUT2D eigenvalue weighted by atomic mass is 16.7. The van der Waals surface area contributed by atoms with E-state index in [-0.39, 0.29) is 19.5 Å². The van der Waals surface area contributed by atoms with Crippen LogP contribution in [-0.4, -0.2) is 47.3 Å². The van der Waals surface area contributed by atoms with Crippen LogP contribution in [0.25, 0.3) is 30.0 Å². The lowest BCUT2D eigenvalue weighted by Crippen LogP contribution is -2.27. The zero-order valence-corrected chi connectivity index (χ0v) is 21.8. The van der Waals surface area contributed by atoms with Gasteiger partial charge in [-0.2, -0.15) is 5.10 Å². The van der Waals surface area contributed by atoms with Gasteiger partial charge in [-0.1, -0.05) is 24.3 Å². The highest BCUT2D eigenvalue weighted by Crippen LogP contribution is 2.34. The molecule has 200 valence electrons. The van der Waals surface area contributed by atoms with Crippen molar-refractivity contribution in [2.24, 2.45) is 0 Å². The maximum Gasteiger partial charge on any atom is 0.253 e. The van der Waals surface area contributed by atoms with Crippen molar-refractivity contribution in [2.45, 2.75) is 12.8 Å². The molecule has 4 aromatic rings. The summed E-state index contributed by atoms with van der Waals surface area (Å²) in [4.78, 5) is 14.8. The second-order valence-electron chi connectivity index (χ2n) is 9.84. The molecule has 0 atom stereocenters. The van der Waals surface area contributed by atoms with Gasteiger partial charge in [0.15, 0.2) is 23.0 Å². The molecule has 3 aromatic carbocycles. The van der Waals surface area contributed by atoms with Gasteiger partial charge in [-0.25, -0.2) is 4.68 Å².